The lowest BCUT2D eigenvalue weighted by atomic mass is 10.0. The highest BCUT2D eigenvalue weighted by Gasteiger charge is 2.05. The van der Waals surface area contributed by atoms with E-state index in [1.165, 1.54) is 0 Å². The monoisotopic (exact) mass is 296 g/mol. The van der Waals surface area contributed by atoms with Crippen molar-refractivity contribution in [2.45, 2.75) is 37.9 Å². The van der Waals surface area contributed by atoms with Gasteiger partial charge in [-0.3, -0.25) is 0 Å². The van der Waals surface area contributed by atoms with Crippen molar-refractivity contribution in [2.24, 2.45) is 0 Å². The van der Waals surface area contributed by atoms with Crippen LogP contribution in [0.2, 0.25) is 0 Å². The normalized spacial score (nSPS) is 14.1. The minimum absolute atomic E-state index is 0.385. The number of aliphatic hydroxyl groups is 2. The van der Waals surface area contributed by atoms with Gasteiger partial charge in [0.15, 0.2) is 0 Å². The molecule has 2 nitrogen and oxygen atoms in total. The second-order valence-corrected chi connectivity index (χ2v) is 5.49. The molecular weight excluding hydrogens is 272 g/mol. The zero-order valence-electron chi connectivity index (χ0n) is 12.8. The van der Waals surface area contributed by atoms with E-state index in [9.17, 15) is 10.2 Å². The van der Waals surface area contributed by atoms with Crippen molar-refractivity contribution < 1.29 is 10.2 Å². The Labute approximate surface area is 132 Å². The summed E-state index contributed by atoms with van der Waals surface area (Å²) in [7, 11) is 0. The first kappa shape index (κ1) is 16.5. The highest BCUT2D eigenvalue weighted by molar-refractivity contribution is 5.18. The first-order valence-corrected chi connectivity index (χ1v) is 7.88. The third-order valence-electron chi connectivity index (χ3n) is 3.74. The molecule has 2 atom stereocenters. The number of hydrogen-bond donors (Lipinski definition) is 2. The van der Waals surface area contributed by atoms with Crippen LogP contribution < -0.4 is 0 Å². The molecule has 0 spiro atoms. The Hall–Kier alpha value is -1.90. The van der Waals surface area contributed by atoms with Gasteiger partial charge in [-0.25, -0.2) is 0 Å². The van der Waals surface area contributed by atoms with E-state index in [-0.39, 0.29) is 6.10 Å². The van der Waals surface area contributed by atoms with Crippen LogP contribution in [0.4, 0.5) is 0 Å². The van der Waals surface area contributed by atoms with Gasteiger partial charge in [0.1, 0.15) is 0 Å². The zero-order valence-corrected chi connectivity index (χ0v) is 12.8. The van der Waals surface area contributed by atoms with E-state index < -0.39 is 6.10 Å². The Kier molecular flexibility index (Phi) is 6.88. The topological polar surface area (TPSA) is 40.5 Å². The predicted octanol–water partition coefficient (Wildman–Crippen LogP) is 4.57. The summed E-state index contributed by atoms with van der Waals surface area (Å²) >= 11 is 0. The first-order valence-electron chi connectivity index (χ1n) is 7.88. The van der Waals surface area contributed by atoms with Gasteiger partial charge in [-0.2, -0.15) is 0 Å². The molecule has 0 aliphatic carbocycles. The van der Waals surface area contributed by atoms with Crippen molar-refractivity contribution in [1.29, 1.82) is 0 Å². The molecule has 0 heterocycles. The molecule has 2 aromatic rings. The van der Waals surface area contributed by atoms with E-state index in [2.05, 4.69) is 6.08 Å². The minimum Gasteiger partial charge on any atom is -0.388 e. The lowest BCUT2D eigenvalue weighted by molar-refractivity contribution is 0.165. The van der Waals surface area contributed by atoms with Crippen LogP contribution in [0.15, 0.2) is 72.8 Å². The van der Waals surface area contributed by atoms with Crippen molar-refractivity contribution in [2.75, 3.05) is 0 Å². The molecule has 0 radical (unpaired) electrons. The van der Waals surface area contributed by atoms with Crippen molar-refractivity contribution in [1.82, 2.24) is 0 Å². The summed E-state index contributed by atoms with van der Waals surface area (Å²) in [5.41, 5.74) is 1.93. The van der Waals surface area contributed by atoms with Crippen LogP contribution in [0.3, 0.4) is 0 Å². The molecule has 0 saturated heterocycles. The Morgan fingerprint density at radius 3 is 1.86 bits per heavy atom. The highest BCUT2D eigenvalue weighted by atomic mass is 16.3. The maximum absolute atomic E-state index is 10.0. The summed E-state index contributed by atoms with van der Waals surface area (Å²) < 4.78 is 0. The summed E-state index contributed by atoms with van der Waals surface area (Å²) in [6.45, 7) is 0. The standard InChI is InChI=1S/C20H24O2/c21-19(17-11-5-3-6-12-17)15-9-1-2-10-16-20(22)18-13-7-4-8-14-18/h1,3-9,11-14,19-22H,2,10,15-16H2/b9-1+/t19-,20-/m0/s1. The Morgan fingerprint density at radius 1 is 0.727 bits per heavy atom. The lowest BCUT2D eigenvalue weighted by Crippen LogP contribution is -1.96. The Bertz CT molecular complexity index is 548. The second-order valence-electron chi connectivity index (χ2n) is 5.49. The van der Waals surface area contributed by atoms with Crippen molar-refractivity contribution >= 4 is 0 Å². The molecule has 2 N–H and O–H groups in total. The maximum atomic E-state index is 10.0. The number of unbranched alkanes of at least 4 members (excludes halogenated alkanes) is 1. The van der Waals surface area contributed by atoms with Gasteiger partial charge in [0, 0.05) is 0 Å². The van der Waals surface area contributed by atoms with Crippen LogP contribution in [0, 0.1) is 0 Å². The van der Waals surface area contributed by atoms with E-state index in [0.717, 1.165) is 30.4 Å². The molecule has 0 aliphatic heterocycles. The van der Waals surface area contributed by atoms with Gasteiger partial charge in [-0.05, 0) is 36.8 Å². The number of benzene rings is 2. The molecule has 2 aromatic carbocycles. The molecule has 22 heavy (non-hydrogen) atoms. The quantitative estimate of drug-likeness (QED) is 0.553. The third-order valence-corrected chi connectivity index (χ3v) is 3.74. The number of hydrogen-bond acceptors (Lipinski definition) is 2. The van der Waals surface area contributed by atoms with Gasteiger partial charge in [-0.15, -0.1) is 0 Å². The fourth-order valence-electron chi connectivity index (χ4n) is 2.43. The third kappa shape index (κ3) is 5.47. The molecule has 0 amide bonds. The van der Waals surface area contributed by atoms with Gasteiger partial charge in [-0.1, -0.05) is 72.8 Å². The van der Waals surface area contributed by atoms with Crippen molar-refractivity contribution in [3.05, 3.63) is 83.9 Å². The fraction of sp³-hybridized carbons (Fsp3) is 0.300. The van der Waals surface area contributed by atoms with E-state index >= 15 is 0 Å². The van der Waals surface area contributed by atoms with Gasteiger partial charge in [0.2, 0.25) is 0 Å². The van der Waals surface area contributed by atoms with Gasteiger partial charge < -0.3 is 10.2 Å². The van der Waals surface area contributed by atoms with Crippen LogP contribution in [-0.4, -0.2) is 10.2 Å². The summed E-state index contributed by atoms with van der Waals surface area (Å²) in [5, 5.41) is 20.1. The van der Waals surface area contributed by atoms with E-state index in [0.29, 0.717) is 6.42 Å². The number of rotatable bonds is 8. The summed E-state index contributed by atoms with van der Waals surface area (Å²) in [4.78, 5) is 0. The molecule has 0 saturated carbocycles. The molecule has 0 aromatic heterocycles. The molecule has 0 fully saturated rings. The van der Waals surface area contributed by atoms with Crippen LogP contribution in [0.1, 0.15) is 49.0 Å². The maximum Gasteiger partial charge on any atom is 0.0824 e. The Balaban J connectivity index is 1.64. The van der Waals surface area contributed by atoms with E-state index in [1.54, 1.807) is 0 Å². The van der Waals surface area contributed by atoms with Crippen LogP contribution in [-0.2, 0) is 0 Å². The molecule has 2 rings (SSSR count). The molecule has 2 heteroatoms. The number of aliphatic hydroxyl groups excluding tert-OH is 2. The average Bonchev–Trinajstić information content (AvgIpc) is 2.59. The van der Waals surface area contributed by atoms with E-state index in [4.69, 9.17) is 0 Å². The summed E-state index contributed by atoms with van der Waals surface area (Å²) in [5.74, 6) is 0. The molecule has 0 aliphatic rings. The Morgan fingerprint density at radius 2 is 1.27 bits per heavy atom. The van der Waals surface area contributed by atoms with Crippen molar-refractivity contribution in [3.63, 3.8) is 0 Å². The largest absolute Gasteiger partial charge is 0.388 e. The lowest BCUT2D eigenvalue weighted by Gasteiger charge is -2.09. The molecule has 116 valence electrons. The summed E-state index contributed by atoms with van der Waals surface area (Å²) in [6, 6.07) is 19.5. The van der Waals surface area contributed by atoms with Gasteiger partial charge in [0.05, 0.1) is 12.2 Å². The van der Waals surface area contributed by atoms with Crippen molar-refractivity contribution in [3.8, 4) is 0 Å². The minimum atomic E-state index is -0.438. The van der Waals surface area contributed by atoms with Gasteiger partial charge in [0.25, 0.3) is 0 Å². The fourth-order valence-corrected chi connectivity index (χ4v) is 2.43. The SMILES string of the molecule is O[C@@H](C/C=C/CCC[C@H](O)c1ccccc1)c1ccccc1. The van der Waals surface area contributed by atoms with Crippen LogP contribution in [0.5, 0.6) is 0 Å². The number of allylic oxidation sites excluding steroid dienone is 1. The van der Waals surface area contributed by atoms with Crippen LogP contribution >= 0.6 is 0 Å². The first-order chi connectivity index (χ1) is 10.8. The smallest absolute Gasteiger partial charge is 0.0824 e. The highest BCUT2D eigenvalue weighted by Crippen LogP contribution is 2.19. The molecule has 0 bridgehead atoms. The molecular formula is C20H24O2. The second kappa shape index (κ2) is 9.19. The zero-order chi connectivity index (χ0) is 15.6. The van der Waals surface area contributed by atoms with Crippen LogP contribution in [0.25, 0.3) is 0 Å². The van der Waals surface area contributed by atoms with E-state index in [1.807, 2.05) is 66.7 Å². The molecule has 0 unspecified atom stereocenters. The average molecular weight is 296 g/mol. The summed E-state index contributed by atoms with van der Waals surface area (Å²) in [6.07, 6.45) is 6.54. The van der Waals surface area contributed by atoms with Gasteiger partial charge >= 0.3 is 0 Å². The predicted molar refractivity (Wildman–Crippen MR) is 90.4 cm³/mol.